The maximum Gasteiger partial charge on any atom is 0.343 e. The highest BCUT2D eigenvalue weighted by atomic mass is 79.9. The fourth-order valence-electron chi connectivity index (χ4n) is 3.97. The first kappa shape index (κ1) is 22.8. The van der Waals surface area contributed by atoms with Gasteiger partial charge in [0.1, 0.15) is 11.5 Å². The van der Waals surface area contributed by atoms with Crippen molar-refractivity contribution < 1.29 is 19.1 Å². The molecule has 0 aliphatic rings. The molecular weight excluding hydrogens is 504 g/mol. The van der Waals surface area contributed by atoms with E-state index in [-0.39, 0.29) is 0 Å². The van der Waals surface area contributed by atoms with E-state index in [1.54, 1.807) is 24.3 Å². The number of halogens is 1. The summed E-state index contributed by atoms with van der Waals surface area (Å²) < 4.78 is 12.8. The molecule has 172 valence electrons. The van der Waals surface area contributed by atoms with Crippen LogP contribution in [0, 0.1) is 13.8 Å². The molecule has 0 saturated carbocycles. The number of benzene rings is 5. The van der Waals surface area contributed by atoms with E-state index in [0.717, 1.165) is 15.6 Å². The molecule has 5 heteroatoms. The maximum absolute atomic E-state index is 13.1. The van der Waals surface area contributed by atoms with Crippen molar-refractivity contribution >= 4 is 49.4 Å². The number of ether oxygens (including phenoxy) is 2. The van der Waals surface area contributed by atoms with Crippen LogP contribution >= 0.6 is 15.9 Å². The third kappa shape index (κ3) is 4.55. The second-order valence-electron chi connectivity index (χ2n) is 8.40. The van der Waals surface area contributed by atoms with Gasteiger partial charge < -0.3 is 9.47 Å². The number of carbonyl (C=O) groups is 2. The SMILES string of the molecule is Cc1ccc(C(=O)Oc2c3ccccc3c(OC(=O)c3ccc(C)cc3)c3cc(Br)ccc23)cc1. The summed E-state index contributed by atoms with van der Waals surface area (Å²) >= 11 is 3.52. The third-order valence-electron chi connectivity index (χ3n) is 5.85. The zero-order valence-corrected chi connectivity index (χ0v) is 20.8. The number of hydrogen-bond acceptors (Lipinski definition) is 4. The topological polar surface area (TPSA) is 52.6 Å². The minimum Gasteiger partial charge on any atom is -0.422 e. The van der Waals surface area contributed by atoms with E-state index < -0.39 is 11.9 Å². The first-order chi connectivity index (χ1) is 16.9. The molecule has 0 atom stereocenters. The van der Waals surface area contributed by atoms with E-state index in [1.807, 2.05) is 80.6 Å². The molecule has 5 aromatic rings. The Morgan fingerprint density at radius 3 is 1.49 bits per heavy atom. The molecular formula is C30H21BrO4. The van der Waals surface area contributed by atoms with Gasteiger partial charge in [-0.15, -0.1) is 0 Å². The Balaban J connectivity index is 1.66. The van der Waals surface area contributed by atoms with E-state index in [2.05, 4.69) is 15.9 Å². The summed E-state index contributed by atoms with van der Waals surface area (Å²) in [6.45, 7) is 3.93. The molecule has 0 radical (unpaired) electrons. The van der Waals surface area contributed by atoms with Gasteiger partial charge in [0.2, 0.25) is 0 Å². The molecule has 35 heavy (non-hydrogen) atoms. The molecule has 4 nitrogen and oxygen atoms in total. The highest BCUT2D eigenvalue weighted by Gasteiger charge is 2.21. The first-order valence-corrected chi connectivity index (χ1v) is 11.9. The predicted octanol–water partition coefficient (Wildman–Crippen LogP) is 7.81. The average Bonchev–Trinajstić information content (AvgIpc) is 2.86. The molecule has 0 N–H and O–H groups in total. The van der Waals surface area contributed by atoms with Gasteiger partial charge in [0.15, 0.2) is 0 Å². The van der Waals surface area contributed by atoms with Crippen LogP contribution in [-0.2, 0) is 0 Å². The smallest absolute Gasteiger partial charge is 0.343 e. The van der Waals surface area contributed by atoms with Gasteiger partial charge >= 0.3 is 11.9 Å². The van der Waals surface area contributed by atoms with Crippen LogP contribution in [0.2, 0.25) is 0 Å². The van der Waals surface area contributed by atoms with Crippen molar-refractivity contribution in [1.82, 2.24) is 0 Å². The van der Waals surface area contributed by atoms with Crippen molar-refractivity contribution in [2.24, 2.45) is 0 Å². The summed E-state index contributed by atoms with van der Waals surface area (Å²) in [5.74, 6) is -0.0778. The molecule has 0 fully saturated rings. The number of carbonyl (C=O) groups excluding carboxylic acids is 2. The fourth-order valence-corrected chi connectivity index (χ4v) is 4.34. The number of aryl methyl sites for hydroxylation is 2. The van der Waals surface area contributed by atoms with Crippen LogP contribution in [0.3, 0.4) is 0 Å². The van der Waals surface area contributed by atoms with Crippen molar-refractivity contribution in [3.63, 3.8) is 0 Å². The van der Waals surface area contributed by atoms with Gasteiger partial charge in [0, 0.05) is 26.0 Å². The summed E-state index contributed by atoms with van der Waals surface area (Å²) in [5, 5.41) is 2.67. The van der Waals surface area contributed by atoms with Crippen LogP contribution < -0.4 is 9.47 Å². The Morgan fingerprint density at radius 2 is 1.00 bits per heavy atom. The Hall–Kier alpha value is -3.96. The normalized spacial score (nSPS) is 10.9. The standard InChI is InChI=1S/C30H21BrO4/c1-18-7-11-20(12-8-18)29(32)34-27-23-5-3-4-6-24(23)28(26-17-22(31)15-16-25(26)27)35-30(33)21-13-9-19(2)10-14-21/h3-17H,1-2H3. The third-order valence-corrected chi connectivity index (χ3v) is 6.34. The Bertz CT molecular complexity index is 1590. The zero-order valence-electron chi connectivity index (χ0n) is 19.2. The largest absolute Gasteiger partial charge is 0.422 e. The van der Waals surface area contributed by atoms with Gasteiger partial charge in [-0.1, -0.05) is 75.6 Å². The molecule has 0 amide bonds. The molecule has 0 aliphatic carbocycles. The van der Waals surface area contributed by atoms with E-state index >= 15 is 0 Å². The minimum absolute atomic E-state index is 0.414. The highest BCUT2D eigenvalue weighted by molar-refractivity contribution is 9.10. The lowest BCUT2D eigenvalue weighted by Gasteiger charge is -2.17. The fraction of sp³-hybridized carbons (Fsp3) is 0.0667. The van der Waals surface area contributed by atoms with E-state index in [9.17, 15) is 9.59 Å². The monoisotopic (exact) mass is 524 g/mol. The molecule has 0 unspecified atom stereocenters. The Labute approximate surface area is 211 Å². The average molecular weight is 525 g/mol. The Morgan fingerprint density at radius 1 is 0.571 bits per heavy atom. The van der Waals surface area contributed by atoms with Crippen LogP contribution in [0.4, 0.5) is 0 Å². The van der Waals surface area contributed by atoms with Crippen LogP contribution in [0.25, 0.3) is 21.5 Å². The number of hydrogen-bond donors (Lipinski definition) is 0. The summed E-state index contributed by atoms with van der Waals surface area (Å²) in [6.07, 6.45) is 0. The van der Waals surface area contributed by atoms with E-state index in [1.165, 1.54) is 0 Å². The molecule has 0 saturated heterocycles. The quantitative estimate of drug-likeness (QED) is 0.136. The lowest BCUT2D eigenvalue weighted by atomic mass is 10.0. The maximum atomic E-state index is 13.1. The van der Waals surface area contributed by atoms with Gasteiger partial charge in [-0.3, -0.25) is 0 Å². The lowest BCUT2D eigenvalue weighted by Crippen LogP contribution is -2.11. The van der Waals surface area contributed by atoms with Crippen LogP contribution in [0.5, 0.6) is 11.5 Å². The molecule has 0 aromatic heterocycles. The summed E-state index contributed by atoms with van der Waals surface area (Å²) in [7, 11) is 0. The molecule has 5 aromatic carbocycles. The van der Waals surface area contributed by atoms with Gasteiger partial charge in [-0.25, -0.2) is 9.59 Å². The molecule has 0 spiro atoms. The van der Waals surface area contributed by atoms with Crippen molar-refractivity contribution in [3.8, 4) is 11.5 Å². The van der Waals surface area contributed by atoms with Crippen molar-refractivity contribution in [3.05, 3.63) is 118 Å². The van der Waals surface area contributed by atoms with Crippen molar-refractivity contribution in [1.29, 1.82) is 0 Å². The van der Waals surface area contributed by atoms with Crippen molar-refractivity contribution in [2.75, 3.05) is 0 Å². The summed E-state index contributed by atoms with van der Waals surface area (Å²) in [5.41, 5.74) is 3.03. The minimum atomic E-state index is -0.458. The molecule has 0 heterocycles. The summed E-state index contributed by atoms with van der Waals surface area (Å²) in [4.78, 5) is 26.1. The number of esters is 2. The Kier molecular flexibility index (Phi) is 6.10. The van der Waals surface area contributed by atoms with Gasteiger partial charge in [0.05, 0.1) is 11.1 Å². The second-order valence-corrected chi connectivity index (χ2v) is 9.32. The number of fused-ring (bicyclic) bond motifs is 2. The van der Waals surface area contributed by atoms with Gasteiger partial charge in [-0.2, -0.15) is 0 Å². The summed E-state index contributed by atoms with van der Waals surface area (Å²) in [6, 6.07) is 27.5. The van der Waals surface area contributed by atoms with Crippen LogP contribution in [0.15, 0.2) is 95.5 Å². The van der Waals surface area contributed by atoms with Gasteiger partial charge in [-0.05, 0) is 56.3 Å². The van der Waals surface area contributed by atoms with Crippen LogP contribution in [0.1, 0.15) is 31.8 Å². The van der Waals surface area contributed by atoms with E-state index in [4.69, 9.17) is 9.47 Å². The first-order valence-electron chi connectivity index (χ1n) is 11.1. The van der Waals surface area contributed by atoms with Crippen molar-refractivity contribution in [2.45, 2.75) is 13.8 Å². The lowest BCUT2D eigenvalue weighted by molar-refractivity contribution is 0.0726. The van der Waals surface area contributed by atoms with Crippen LogP contribution in [-0.4, -0.2) is 11.9 Å². The predicted molar refractivity (Wildman–Crippen MR) is 141 cm³/mol. The molecule has 0 aliphatic heterocycles. The number of rotatable bonds is 4. The van der Waals surface area contributed by atoms with E-state index in [0.29, 0.717) is 44.2 Å². The van der Waals surface area contributed by atoms with Gasteiger partial charge in [0.25, 0.3) is 0 Å². The zero-order chi connectivity index (χ0) is 24.5. The second kappa shape index (κ2) is 9.35. The highest BCUT2D eigenvalue weighted by Crippen LogP contribution is 2.44. The molecule has 0 bridgehead atoms. The molecule has 5 rings (SSSR count).